The van der Waals surface area contributed by atoms with Crippen LogP contribution in [0.2, 0.25) is 0 Å². The molecule has 3 heterocycles. The van der Waals surface area contributed by atoms with Gasteiger partial charge in [0.05, 0.1) is 24.5 Å². The Morgan fingerprint density at radius 1 is 1.52 bits per heavy atom. The highest BCUT2D eigenvalue weighted by Crippen LogP contribution is 2.31. The van der Waals surface area contributed by atoms with Crippen LogP contribution in [0.4, 0.5) is 0 Å². The quantitative estimate of drug-likeness (QED) is 0.836. The van der Waals surface area contributed by atoms with Crippen LogP contribution < -0.4 is 0 Å². The minimum Gasteiger partial charge on any atom is -0.359 e. The van der Waals surface area contributed by atoms with Gasteiger partial charge in [0.25, 0.3) is 0 Å². The maximum atomic E-state index is 12.5. The molecular formula is C16H23N5O2. The lowest BCUT2D eigenvalue weighted by Crippen LogP contribution is -2.37. The van der Waals surface area contributed by atoms with Crippen LogP contribution in [0.15, 0.2) is 23.0 Å². The van der Waals surface area contributed by atoms with E-state index in [0.29, 0.717) is 13.1 Å². The van der Waals surface area contributed by atoms with Gasteiger partial charge in [0.15, 0.2) is 5.76 Å². The standard InChI is InChI=1S/C16H23N5O2/c1-12-7-15(23-18-12)14-5-4-6-21(14)11-16(22)19(2)9-13-8-17-20(3)10-13/h7-8,10,14H,4-6,9,11H2,1-3H3/t14-/m1/s1. The van der Waals surface area contributed by atoms with Gasteiger partial charge in [-0.2, -0.15) is 5.10 Å². The van der Waals surface area contributed by atoms with Crippen LogP contribution in [0, 0.1) is 6.92 Å². The first kappa shape index (κ1) is 15.7. The van der Waals surface area contributed by atoms with E-state index >= 15 is 0 Å². The largest absolute Gasteiger partial charge is 0.359 e. The molecule has 0 N–H and O–H groups in total. The molecule has 1 saturated heterocycles. The summed E-state index contributed by atoms with van der Waals surface area (Å²) in [4.78, 5) is 16.4. The first-order chi connectivity index (χ1) is 11.0. The monoisotopic (exact) mass is 317 g/mol. The van der Waals surface area contributed by atoms with Crippen LogP contribution in [-0.4, -0.2) is 50.8 Å². The summed E-state index contributed by atoms with van der Waals surface area (Å²) in [6.45, 7) is 3.81. The zero-order valence-corrected chi connectivity index (χ0v) is 13.9. The maximum absolute atomic E-state index is 12.5. The van der Waals surface area contributed by atoms with Gasteiger partial charge in [0.2, 0.25) is 5.91 Å². The van der Waals surface area contributed by atoms with Gasteiger partial charge < -0.3 is 9.42 Å². The van der Waals surface area contributed by atoms with E-state index in [1.165, 1.54) is 0 Å². The van der Waals surface area contributed by atoms with Crippen molar-refractivity contribution >= 4 is 5.91 Å². The van der Waals surface area contributed by atoms with Crippen molar-refractivity contribution in [3.05, 3.63) is 35.5 Å². The molecule has 2 aromatic rings. The molecule has 1 amide bonds. The van der Waals surface area contributed by atoms with Gasteiger partial charge in [0, 0.05) is 38.5 Å². The molecule has 7 heteroatoms. The molecule has 0 saturated carbocycles. The molecule has 1 fully saturated rings. The second kappa shape index (κ2) is 6.54. The number of carbonyl (C=O) groups excluding carboxylic acids is 1. The van der Waals surface area contributed by atoms with Crippen LogP contribution in [-0.2, 0) is 18.4 Å². The van der Waals surface area contributed by atoms with Crippen molar-refractivity contribution in [1.29, 1.82) is 0 Å². The van der Waals surface area contributed by atoms with E-state index in [1.807, 2.05) is 33.3 Å². The molecule has 0 bridgehead atoms. The first-order valence-corrected chi connectivity index (χ1v) is 7.91. The number of carbonyl (C=O) groups is 1. The minimum atomic E-state index is 0.108. The van der Waals surface area contributed by atoms with E-state index in [9.17, 15) is 4.79 Å². The SMILES string of the molecule is Cc1cc([C@H]2CCCN2CC(=O)N(C)Cc2cnn(C)c2)on1. The van der Waals surface area contributed by atoms with E-state index in [1.54, 1.807) is 15.8 Å². The Morgan fingerprint density at radius 2 is 2.35 bits per heavy atom. The Bertz CT molecular complexity index is 678. The zero-order valence-electron chi connectivity index (χ0n) is 13.9. The topological polar surface area (TPSA) is 67.4 Å². The van der Waals surface area contributed by atoms with E-state index < -0.39 is 0 Å². The summed E-state index contributed by atoms with van der Waals surface area (Å²) in [6, 6.07) is 2.12. The highest BCUT2D eigenvalue weighted by molar-refractivity contribution is 5.78. The Balaban J connectivity index is 1.60. The second-order valence-corrected chi connectivity index (χ2v) is 6.27. The lowest BCUT2D eigenvalue weighted by molar-refractivity contribution is -0.132. The summed E-state index contributed by atoms with van der Waals surface area (Å²) >= 11 is 0. The van der Waals surface area contributed by atoms with Crippen molar-refractivity contribution in [3.8, 4) is 0 Å². The molecule has 0 radical (unpaired) electrons. The Morgan fingerprint density at radius 3 is 3.00 bits per heavy atom. The third-order valence-electron chi connectivity index (χ3n) is 4.28. The van der Waals surface area contributed by atoms with Gasteiger partial charge >= 0.3 is 0 Å². The Hall–Kier alpha value is -2.15. The van der Waals surface area contributed by atoms with Crippen LogP contribution >= 0.6 is 0 Å². The van der Waals surface area contributed by atoms with E-state index in [-0.39, 0.29) is 11.9 Å². The fourth-order valence-corrected chi connectivity index (χ4v) is 3.09. The highest BCUT2D eigenvalue weighted by Gasteiger charge is 2.31. The third-order valence-corrected chi connectivity index (χ3v) is 4.28. The van der Waals surface area contributed by atoms with Gasteiger partial charge in [-0.05, 0) is 26.3 Å². The number of nitrogens with zero attached hydrogens (tertiary/aromatic N) is 5. The van der Waals surface area contributed by atoms with E-state index in [4.69, 9.17) is 4.52 Å². The van der Waals surface area contributed by atoms with Crippen molar-refractivity contribution in [3.63, 3.8) is 0 Å². The predicted molar refractivity (Wildman–Crippen MR) is 84.5 cm³/mol. The molecule has 1 aliphatic heterocycles. The van der Waals surface area contributed by atoms with Gasteiger partial charge in [-0.3, -0.25) is 14.4 Å². The Kier molecular flexibility index (Phi) is 4.47. The lowest BCUT2D eigenvalue weighted by atomic mass is 10.1. The first-order valence-electron chi connectivity index (χ1n) is 7.91. The fraction of sp³-hybridized carbons (Fsp3) is 0.562. The van der Waals surface area contributed by atoms with Crippen LogP contribution in [0.1, 0.15) is 35.9 Å². The molecule has 0 unspecified atom stereocenters. The zero-order chi connectivity index (χ0) is 16.4. The van der Waals surface area contributed by atoms with Crippen molar-refractivity contribution in [2.24, 2.45) is 7.05 Å². The van der Waals surface area contributed by atoms with Crippen molar-refractivity contribution in [2.75, 3.05) is 20.1 Å². The highest BCUT2D eigenvalue weighted by atomic mass is 16.5. The third kappa shape index (κ3) is 3.61. The second-order valence-electron chi connectivity index (χ2n) is 6.27. The number of hydrogen-bond acceptors (Lipinski definition) is 5. The van der Waals surface area contributed by atoms with Crippen molar-refractivity contribution < 1.29 is 9.32 Å². The molecule has 7 nitrogen and oxygen atoms in total. The molecular weight excluding hydrogens is 294 g/mol. The van der Waals surface area contributed by atoms with Crippen LogP contribution in [0.3, 0.4) is 0 Å². The summed E-state index contributed by atoms with van der Waals surface area (Å²) < 4.78 is 7.14. The van der Waals surface area contributed by atoms with Gasteiger partial charge in [-0.1, -0.05) is 5.16 Å². The summed E-state index contributed by atoms with van der Waals surface area (Å²) in [6.07, 6.45) is 5.80. The number of likely N-dealkylation sites (N-methyl/N-ethyl adjacent to an activating group) is 1. The molecule has 3 rings (SSSR count). The number of rotatable bonds is 5. The summed E-state index contributed by atoms with van der Waals surface area (Å²) in [5.74, 6) is 0.972. The van der Waals surface area contributed by atoms with E-state index in [2.05, 4.69) is 15.2 Å². The van der Waals surface area contributed by atoms with Gasteiger partial charge in [0.1, 0.15) is 0 Å². The smallest absolute Gasteiger partial charge is 0.236 e. The predicted octanol–water partition coefficient (Wildman–Crippen LogP) is 1.51. The molecule has 2 aromatic heterocycles. The Labute approximate surface area is 135 Å². The number of amides is 1. The molecule has 0 aliphatic carbocycles. The van der Waals surface area contributed by atoms with Gasteiger partial charge in [-0.15, -0.1) is 0 Å². The van der Waals surface area contributed by atoms with Gasteiger partial charge in [-0.25, -0.2) is 0 Å². The minimum absolute atomic E-state index is 0.108. The summed E-state index contributed by atoms with van der Waals surface area (Å²) in [7, 11) is 3.71. The molecule has 124 valence electrons. The number of likely N-dealkylation sites (tertiary alicyclic amines) is 1. The number of aryl methyl sites for hydroxylation is 2. The summed E-state index contributed by atoms with van der Waals surface area (Å²) in [5.41, 5.74) is 1.92. The molecule has 23 heavy (non-hydrogen) atoms. The normalized spacial score (nSPS) is 18.5. The summed E-state index contributed by atoms with van der Waals surface area (Å²) in [5, 5.41) is 8.10. The maximum Gasteiger partial charge on any atom is 0.236 e. The van der Waals surface area contributed by atoms with Crippen molar-refractivity contribution in [1.82, 2.24) is 24.7 Å². The number of hydrogen-bond donors (Lipinski definition) is 0. The average Bonchev–Trinajstić information content (AvgIpc) is 3.21. The molecule has 0 aromatic carbocycles. The molecule has 1 atom stereocenters. The lowest BCUT2D eigenvalue weighted by Gasteiger charge is -2.24. The van der Waals surface area contributed by atoms with E-state index in [0.717, 1.165) is 36.4 Å². The van der Waals surface area contributed by atoms with Crippen LogP contribution in [0.25, 0.3) is 0 Å². The van der Waals surface area contributed by atoms with Crippen molar-refractivity contribution in [2.45, 2.75) is 32.4 Å². The fourth-order valence-electron chi connectivity index (χ4n) is 3.09. The van der Waals surface area contributed by atoms with Crippen LogP contribution in [0.5, 0.6) is 0 Å². The molecule has 1 aliphatic rings. The average molecular weight is 317 g/mol. The number of aromatic nitrogens is 3. The molecule has 0 spiro atoms.